The molecule has 0 saturated carbocycles. The molecule has 0 bridgehead atoms. The van der Waals surface area contributed by atoms with Crippen LogP contribution >= 0.6 is 0 Å². The Hall–Kier alpha value is -2.09. The maximum Gasteiger partial charge on any atom is 0.251 e. The van der Waals surface area contributed by atoms with Crippen molar-refractivity contribution < 1.29 is 4.79 Å². The molecule has 0 unspecified atom stereocenters. The fourth-order valence-electron chi connectivity index (χ4n) is 1.59. The molecule has 2 rings (SSSR count). The predicted molar refractivity (Wildman–Crippen MR) is 67.8 cm³/mol. The summed E-state index contributed by atoms with van der Waals surface area (Å²) in [7, 11) is 0. The van der Waals surface area contributed by atoms with Gasteiger partial charge in [0.05, 0.1) is 0 Å². The van der Waals surface area contributed by atoms with Crippen molar-refractivity contribution in [2.24, 2.45) is 0 Å². The van der Waals surface area contributed by atoms with Gasteiger partial charge in [0, 0.05) is 12.1 Å². The smallest absolute Gasteiger partial charge is 0.251 e. The molecule has 1 amide bonds. The van der Waals surface area contributed by atoms with Crippen molar-refractivity contribution >= 4 is 5.91 Å². The van der Waals surface area contributed by atoms with Gasteiger partial charge in [-0.15, -0.1) is 0 Å². The molecule has 1 radical (unpaired) electrons. The number of nitrogens with one attached hydrogen (secondary N) is 1. The first-order valence-corrected chi connectivity index (χ1v) is 5.65. The fraction of sp³-hybridized carbons (Fsp3) is 0.133. The number of carbonyl (C=O) groups excluding carboxylic acids is 1. The minimum Gasteiger partial charge on any atom is -0.352 e. The van der Waals surface area contributed by atoms with Crippen LogP contribution in [0, 0.1) is 6.07 Å². The Balaban J connectivity index is 1.82. The summed E-state index contributed by atoms with van der Waals surface area (Å²) in [6, 6.07) is 20.2. The van der Waals surface area contributed by atoms with Gasteiger partial charge in [-0.25, -0.2) is 0 Å². The summed E-state index contributed by atoms with van der Waals surface area (Å²) in [5.41, 5.74) is 1.81. The van der Waals surface area contributed by atoms with Gasteiger partial charge in [-0.3, -0.25) is 4.79 Å². The van der Waals surface area contributed by atoms with Crippen LogP contribution in [0.3, 0.4) is 0 Å². The zero-order valence-corrected chi connectivity index (χ0v) is 9.52. The Morgan fingerprint density at radius 1 is 1.06 bits per heavy atom. The molecule has 1 N–H and O–H groups in total. The number of hydrogen-bond acceptors (Lipinski definition) is 1. The summed E-state index contributed by atoms with van der Waals surface area (Å²) >= 11 is 0. The highest BCUT2D eigenvalue weighted by Gasteiger charge is 2.03. The number of rotatable bonds is 4. The summed E-state index contributed by atoms with van der Waals surface area (Å²) in [6.45, 7) is 0.644. The summed E-state index contributed by atoms with van der Waals surface area (Å²) < 4.78 is 0. The summed E-state index contributed by atoms with van der Waals surface area (Å²) in [6.07, 6.45) is 0.847. The number of hydrogen-bond donors (Lipinski definition) is 1. The Bertz CT molecular complexity index is 465. The van der Waals surface area contributed by atoms with Gasteiger partial charge in [-0.05, 0) is 24.1 Å². The van der Waals surface area contributed by atoms with Crippen LogP contribution in [-0.2, 0) is 6.42 Å². The van der Waals surface area contributed by atoms with Crippen LogP contribution in [0.4, 0.5) is 0 Å². The number of carbonyl (C=O) groups is 1. The van der Waals surface area contributed by atoms with Crippen molar-refractivity contribution in [1.82, 2.24) is 5.32 Å². The van der Waals surface area contributed by atoms with Gasteiger partial charge < -0.3 is 5.32 Å². The van der Waals surface area contributed by atoms with Crippen LogP contribution in [0.2, 0.25) is 0 Å². The Kier molecular flexibility index (Phi) is 3.92. The van der Waals surface area contributed by atoms with Crippen LogP contribution < -0.4 is 5.32 Å². The van der Waals surface area contributed by atoms with E-state index in [1.54, 1.807) is 12.1 Å². The lowest BCUT2D eigenvalue weighted by atomic mass is 10.1. The van der Waals surface area contributed by atoms with Crippen LogP contribution in [0.25, 0.3) is 0 Å². The van der Waals surface area contributed by atoms with E-state index in [4.69, 9.17) is 0 Å². The lowest BCUT2D eigenvalue weighted by molar-refractivity contribution is 0.0954. The molecule has 2 heteroatoms. The molecule has 2 aromatic rings. The highest BCUT2D eigenvalue weighted by molar-refractivity contribution is 5.93. The first kappa shape index (κ1) is 11.4. The van der Waals surface area contributed by atoms with Crippen LogP contribution in [0.5, 0.6) is 0 Å². The zero-order valence-electron chi connectivity index (χ0n) is 9.52. The molecule has 0 aliphatic carbocycles. The third-order valence-corrected chi connectivity index (χ3v) is 2.50. The SMILES string of the molecule is O=C(NCCc1ccccc1)c1[c]cccc1. The minimum absolute atomic E-state index is 0.0680. The second-order valence-electron chi connectivity index (χ2n) is 3.77. The third kappa shape index (κ3) is 3.45. The zero-order chi connectivity index (χ0) is 11.9. The molecule has 2 nitrogen and oxygen atoms in total. The van der Waals surface area contributed by atoms with Crippen molar-refractivity contribution in [3.05, 3.63) is 71.8 Å². The topological polar surface area (TPSA) is 29.1 Å². The van der Waals surface area contributed by atoms with Gasteiger partial charge in [-0.2, -0.15) is 0 Å². The van der Waals surface area contributed by atoms with Gasteiger partial charge in [-0.1, -0.05) is 48.5 Å². The monoisotopic (exact) mass is 224 g/mol. The standard InChI is InChI=1S/C15H14NO/c17-15(14-9-5-2-6-10-14)16-12-11-13-7-3-1-4-8-13/h1-9H,11-12H2,(H,16,17). The van der Waals surface area contributed by atoms with Crippen molar-refractivity contribution in [2.75, 3.05) is 6.54 Å². The minimum atomic E-state index is -0.0680. The van der Waals surface area contributed by atoms with E-state index in [-0.39, 0.29) is 5.91 Å². The van der Waals surface area contributed by atoms with E-state index in [9.17, 15) is 4.79 Å². The van der Waals surface area contributed by atoms with E-state index >= 15 is 0 Å². The van der Waals surface area contributed by atoms with Gasteiger partial charge in [0.1, 0.15) is 0 Å². The molecular formula is C15H14NO. The van der Waals surface area contributed by atoms with E-state index < -0.39 is 0 Å². The van der Waals surface area contributed by atoms with E-state index in [1.165, 1.54) is 5.56 Å². The van der Waals surface area contributed by atoms with Crippen LogP contribution in [0.15, 0.2) is 54.6 Å². The predicted octanol–water partition coefficient (Wildman–Crippen LogP) is 2.46. The van der Waals surface area contributed by atoms with E-state index in [1.807, 2.05) is 30.3 Å². The van der Waals surface area contributed by atoms with Gasteiger partial charge in [0.25, 0.3) is 5.91 Å². The number of benzene rings is 2. The van der Waals surface area contributed by atoms with E-state index in [0.717, 1.165) is 6.42 Å². The summed E-state index contributed by atoms with van der Waals surface area (Å²) in [5, 5.41) is 2.88. The average Bonchev–Trinajstić information content (AvgIpc) is 2.41. The second-order valence-corrected chi connectivity index (χ2v) is 3.77. The van der Waals surface area contributed by atoms with Crippen LogP contribution in [0.1, 0.15) is 15.9 Å². The van der Waals surface area contributed by atoms with Crippen molar-refractivity contribution in [2.45, 2.75) is 6.42 Å². The molecule has 17 heavy (non-hydrogen) atoms. The van der Waals surface area contributed by atoms with Crippen molar-refractivity contribution in [1.29, 1.82) is 0 Å². The maximum atomic E-state index is 11.7. The summed E-state index contributed by atoms with van der Waals surface area (Å²) in [5.74, 6) is -0.0680. The Labute approximate surface area is 101 Å². The molecule has 0 saturated heterocycles. The van der Waals surface area contributed by atoms with Crippen molar-refractivity contribution in [3.8, 4) is 0 Å². The Morgan fingerprint density at radius 2 is 1.82 bits per heavy atom. The first-order valence-electron chi connectivity index (χ1n) is 5.65. The molecular weight excluding hydrogens is 210 g/mol. The second kappa shape index (κ2) is 5.85. The quantitative estimate of drug-likeness (QED) is 0.849. The van der Waals surface area contributed by atoms with Gasteiger partial charge in [0.15, 0.2) is 0 Å². The molecule has 0 aromatic heterocycles. The lowest BCUT2D eigenvalue weighted by Gasteiger charge is -2.04. The highest BCUT2D eigenvalue weighted by atomic mass is 16.1. The van der Waals surface area contributed by atoms with Gasteiger partial charge >= 0.3 is 0 Å². The van der Waals surface area contributed by atoms with Crippen LogP contribution in [-0.4, -0.2) is 12.5 Å². The van der Waals surface area contributed by atoms with Crippen molar-refractivity contribution in [3.63, 3.8) is 0 Å². The first-order chi connectivity index (χ1) is 8.36. The molecule has 0 heterocycles. The van der Waals surface area contributed by atoms with E-state index in [0.29, 0.717) is 12.1 Å². The molecule has 0 spiro atoms. The summed E-state index contributed by atoms with van der Waals surface area (Å²) in [4.78, 5) is 11.7. The molecule has 0 fully saturated rings. The Morgan fingerprint density at radius 3 is 2.53 bits per heavy atom. The maximum absolute atomic E-state index is 11.7. The molecule has 0 atom stereocenters. The normalized spacial score (nSPS) is 9.88. The largest absolute Gasteiger partial charge is 0.352 e. The lowest BCUT2D eigenvalue weighted by Crippen LogP contribution is -2.25. The number of amides is 1. The molecule has 0 aliphatic heterocycles. The third-order valence-electron chi connectivity index (χ3n) is 2.50. The molecule has 0 aliphatic rings. The van der Waals surface area contributed by atoms with Gasteiger partial charge in [0.2, 0.25) is 0 Å². The fourth-order valence-corrected chi connectivity index (χ4v) is 1.59. The molecule has 85 valence electrons. The molecule has 2 aromatic carbocycles. The highest BCUT2D eigenvalue weighted by Crippen LogP contribution is 2.00. The van der Waals surface area contributed by atoms with E-state index in [2.05, 4.69) is 23.5 Å². The average molecular weight is 224 g/mol.